The van der Waals surface area contributed by atoms with Crippen LogP contribution >= 0.6 is 24.4 Å². The number of phenolic OH excluding ortho intramolecular Hbond substituents is 1. The SMILES string of the molecule is CC(C)C.CC(C)C.CC(OC(=S)c1ccc(O)cc1)c1ccccn1.OC(=S)c1ccccc1. The third kappa shape index (κ3) is 17.3. The molecule has 1 unspecified atom stereocenters. The van der Waals surface area contributed by atoms with Crippen molar-refractivity contribution in [1.29, 1.82) is 0 Å². The molecule has 0 spiro atoms. The van der Waals surface area contributed by atoms with Gasteiger partial charge in [-0.3, -0.25) is 4.98 Å². The average molecular weight is 514 g/mol. The summed E-state index contributed by atoms with van der Waals surface area (Å²) in [5.41, 5.74) is 2.30. The van der Waals surface area contributed by atoms with Gasteiger partial charge in [0.1, 0.15) is 11.9 Å². The van der Waals surface area contributed by atoms with E-state index >= 15 is 0 Å². The fourth-order valence-corrected chi connectivity index (χ4v) is 2.50. The molecule has 190 valence electrons. The third-order valence-electron chi connectivity index (χ3n) is 3.51. The molecule has 3 rings (SSSR count). The van der Waals surface area contributed by atoms with Gasteiger partial charge in [0.2, 0.25) is 0 Å². The molecule has 1 heterocycles. The Kier molecular flexibility index (Phi) is 17.0. The van der Waals surface area contributed by atoms with Crippen molar-refractivity contribution < 1.29 is 14.9 Å². The lowest BCUT2D eigenvalue weighted by atomic mass is 10.2. The number of aliphatic hydroxyl groups excluding tert-OH is 1. The molecule has 2 aromatic carbocycles. The van der Waals surface area contributed by atoms with E-state index in [1.54, 1.807) is 42.6 Å². The number of pyridine rings is 1. The summed E-state index contributed by atoms with van der Waals surface area (Å²) >= 11 is 9.73. The van der Waals surface area contributed by atoms with E-state index in [1.165, 1.54) is 0 Å². The Balaban J connectivity index is 0.000000563. The maximum Gasteiger partial charge on any atom is 0.191 e. The Hall–Kier alpha value is -2.83. The summed E-state index contributed by atoms with van der Waals surface area (Å²) < 4.78 is 5.65. The topological polar surface area (TPSA) is 62.6 Å². The molecule has 0 aliphatic heterocycles. The Bertz CT molecular complexity index is 949. The van der Waals surface area contributed by atoms with E-state index in [1.807, 2.05) is 43.3 Å². The minimum atomic E-state index is -0.201. The molecule has 0 aliphatic rings. The Morgan fingerprint density at radius 2 is 1.20 bits per heavy atom. The van der Waals surface area contributed by atoms with Crippen LogP contribution in [0, 0.1) is 11.8 Å². The first kappa shape index (κ1) is 32.2. The fraction of sp³-hybridized carbons (Fsp3) is 0.345. The maximum absolute atomic E-state index is 9.20. The van der Waals surface area contributed by atoms with Crippen LogP contribution in [0.2, 0.25) is 0 Å². The Morgan fingerprint density at radius 1 is 0.714 bits per heavy atom. The molecule has 1 aromatic heterocycles. The maximum atomic E-state index is 9.20. The molecular formula is C29H39NO3S2. The van der Waals surface area contributed by atoms with Gasteiger partial charge in [0.25, 0.3) is 0 Å². The molecule has 0 aliphatic carbocycles. The first-order chi connectivity index (χ1) is 16.4. The fourth-order valence-electron chi connectivity index (χ4n) is 2.08. The second kappa shape index (κ2) is 18.5. The van der Waals surface area contributed by atoms with Crippen LogP contribution in [0.15, 0.2) is 79.0 Å². The lowest BCUT2D eigenvalue weighted by Crippen LogP contribution is -2.09. The molecule has 0 radical (unpaired) electrons. The van der Waals surface area contributed by atoms with E-state index in [0.29, 0.717) is 10.6 Å². The van der Waals surface area contributed by atoms with E-state index < -0.39 is 0 Å². The number of rotatable bonds is 4. The van der Waals surface area contributed by atoms with Crippen molar-refractivity contribution in [3.63, 3.8) is 0 Å². The highest BCUT2D eigenvalue weighted by Crippen LogP contribution is 2.18. The van der Waals surface area contributed by atoms with Gasteiger partial charge >= 0.3 is 0 Å². The largest absolute Gasteiger partial charge is 0.508 e. The van der Waals surface area contributed by atoms with Gasteiger partial charge in [-0.05, 0) is 79.6 Å². The van der Waals surface area contributed by atoms with Crippen LogP contribution in [0.4, 0.5) is 0 Å². The number of hydrogen-bond donors (Lipinski definition) is 2. The first-order valence-corrected chi connectivity index (χ1v) is 12.4. The number of hydrogen-bond acceptors (Lipinski definition) is 5. The van der Waals surface area contributed by atoms with Crippen molar-refractivity contribution in [3.8, 4) is 5.75 Å². The molecule has 0 fully saturated rings. The number of aliphatic hydroxyl groups is 1. The highest BCUT2D eigenvalue weighted by atomic mass is 32.1. The predicted octanol–water partition coefficient (Wildman–Crippen LogP) is 8.49. The summed E-state index contributed by atoms with van der Waals surface area (Å²) in [5, 5.41) is 18.3. The number of nitrogens with zero attached hydrogens (tertiary/aromatic N) is 1. The molecule has 1 atom stereocenters. The molecule has 2 N–H and O–H groups in total. The second-order valence-electron chi connectivity index (χ2n) is 8.98. The van der Waals surface area contributed by atoms with Gasteiger partial charge in [-0.15, -0.1) is 0 Å². The van der Waals surface area contributed by atoms with E-state index in [4.69, 9.17) is 22.1 Å². The molecule has 4 nitrogen and oxygen atoms in total. The van der Waals surface area contributed by atoms with Crippen molar-refractivity contribution in [2.24, 2.45) is 11.8 Å². The number of ether oxygens (including phenoxy) is 1. The number of thiocarbonyl (C=S) groups is 2. The summed E-state index contributed by atoms with van der Waals surface area (Å²) in [6.45, 7) is 14.9. The summed E-state index contributed by atoms with van der Waals surface area (Å²) in [4.78, 5) is 4.21. The Morgan fingerprint density at radius 3 is 1.60 bits per heavy atom. The minimum absolute atomic E-state index is 0.0457. The van der Waals surface area contributed by atoms with Crippen molar-refractivity contribution in [2.75, 3.05) is 0 Å². The standard InChI is InChI=1S/C14H13NO2S.C7H6OS.2C4H10/c1-10(13-4-2-3-9-15-13)17-14(18)11-5-7-12(16)8-6-11;8-7(9)6-4-2-1-3-5-6;2*1-4(2)3/h2-10,16H,1H3;1-5H,(H,8,9);2*4H,1-3H3. The number of benzene rings is 2. The van der Waals surface area contributed by atoms with Crippen molar-refractivity contribution in [2.45, 2.75) is 54.6 Å². The van der Waals surface area contributed by atoms with E-state index in [0.717, 1.165) is 23.1 Å². The smallest absolute Gasteiger partial charge is 0.191 e. The molecule has 0 bridgehead atoms. The van der Waals surface area contributed by atoms with Crippen LogP contribution in [0.1, 0.15) is 71.4 Å². The van der Waals surface area contributed by atoms with Crippen LogP contribution in [0.3, 0.4) is 0 Å². The zero-order chi connectivity index (χ0) is 26.8. The van der Waals surface area contributed by atoms with Gasteiger partial charge in [0.05, 0.1) is 5.69 Å². The zero-order valence-electron chi connectivity index (χ0n) is 21.8. The highest BCUT2D eigenvalue weighted by Gasteiger charge is 2.11. The van der Waals surface area contributed by atoms with Crippen molar-refractivity contribution in [1.82, 2.24) is 4.98 Å². The lowest BCUT2D eigenvalue weighted by molar-refractivity contribution is 0.215. The van der Waals surface area contributed by atoms with Gasteiger partial charge in [0, 0.05) is 17.3 Å². The van der Waals surface area contributed by atoms with E-state index in [2.05, 4.69) is 58.7 Å². The molecule has 3 aromatic rings. The quantitative estimate of drug-likeness (QED) is 0.341. The summed E-state index contributed by atoms with van der Waals surface area (Å²) in [6.07, 6.45) is 1.52. The number of aromatic nitrogens is 1. The van der Waals surface area contributed by atoms with Crippen LogP contribution in [0.25, 0.3) is 0 Å². The number of aromatic hydroxyl groups is 1. The van der Waals surface area contributed by atoms with Crippen LogP contribution in [-0.4, -0.2) is 25.3 Å². The van der Waals surface area contributed by atoms with Gasteiger partial charge < -0.3 is 14.9 Å². The summed E-state index contributed by atoms with van der Waals surface area (Å²) in [6, 6.07) is 21.3. The third-order valence-corrected chi connectivity index (χ3v) is 4.08. The molecule has 0 saturated carbocycles. The minimum Gasteiger partial charge on any atom is -0.508 e. The van der Waals surface area contributed by atoms with Crippen molar-refractivity contribution >= 4 is 34.5 Å². The second-order valence-corrected chi connectivity index (χ2v) is 9.74. The van der Waals surface area contributed by atoms with Gasteiger partial charge in [-0.25, -0.2) is 0 Å². The molecule has 35 heavy (non-hydrogen) atoms. The summed E-state index contributed by atoms with van der Waals surface area (Å²) in [7, 11) is 0. The molecular weight excluding hydrogens is 474 g/mol. The Labute approximate surface area is 222 Å². The van der Waals surface area contributed by atoms with Crippen LogP contribution in [0.5, 0.6) is 5.75 Å². The normalized spacial score (nSPS) is 10.4. The van der Waals surface area contributed by atoms with Crippen molar-refractivity contribution in [3.05, 3.63) is 95.8 Å². The zero-order valence-corrected chi connectivity index (χ0v) is 23.4. The summed E-state index contributed by atoms with van der Waals surface area (Å²) in [5.74, 6) is 1.87. The monoisotopic (exact) mass is 513 g/mol. The van der Waals surface area contributed by atoms with E-state index in [9.17, 15) is 5.11 Å². The lowest BCUT2D eigenvalue weighted by Gasteiger charge is -2.14. The predicted molar refractivity (Wildman–Crippen MR) is 155 cm³/mol. The molecule has 6 heteroatoms. The van der Waals surface area contributed by atoms with E-state index in [-0.39, 0.29) is 16.9 Å². The van der Waals surface area contributed by atoms with Crippen LogP contribution in [-0.2, 0) is 4.74 Å². The molecule has 0 saturated heterocycles. The average Bonchev–Trinajstić information content (AvgIpc) is 2.80. The van der Waals surface area contributed by atoms with Crippen LogP contribution < -0.4 is 0 Å². The molecule has 0 amide bonds. The van der Waals surface area contributed by atoms with Gasteiger partial charge in [0.15, 0.2) is 10.1 Å². The first-order valence-electron chi connectivity index (χ1n) is 11.6. The van der Waals surface area contributed by atoms with Gasteiger partial charge in [-0.1, -0.05) is 77.9 Å². The van der Waals surface area contributed by atoms with Gasteiger partial charge in [-0.2, -0.15) is 0 Å². The highest BCUT2D eigenvalue weighted by molar-refractivity contribution is 7.80. The number of phenols is 1.